The molecule has 0 saturated heterocycles. The summed E-state index contributed by atoms with van der Waals surface area (Å²) < 4.78 is 6.49. The molecule has 3 aliphatic rings. The van der Waals surface area contributed by atoms with Crippen molar-refractivity contribution in [2.75, 3.05) is 5.32 Å². The number of nitriles is 2. The summed E-state index contributed by atoms with van der Waals surface area (Å²) in [7, 11) is 0. The Bertz CT molecular complexity index is 1500. The molecule has 36 heavy (non-hydrogen) atoms. The largest absolute Gasteiger partial charge is 0.489 e. The SMILES string of the molecule is N#CC1(C#N)[C@@H](c2ccccc2)CC2=C(C(=O)C[C@@H](c3ccccc3)O2)[C@]12C(=O)Nc1ccccc12. The van der Waals surface area contributed by atoms with Crippen LogP contribution in [0, 0.1) is 28.1 Å². The fourth-order valence-corrected chi connectivity index (χ4v) is 6.22. The van der Waals surface area contributed by atoms with Crippen molar-refractivity contribution < 1.29 is 14.3 Å². The van der Waals surface area contributed by atoms with Crippen molar-refractivity contribution >= 4 is 17.4 Å². The quantitative estimate of drug-likeness (QED) is 0.561. The fraction of sp³-hybridized carbons (Fsp3) is 0.200. The highest BCUT2D eigenvalue weighted by atomic mass is 16.5. The molecular formula is C30H21N3O3. The van der Waals surface area contributed by atoms with E-state index in [0.717, 1.165) is 11.1 Å². The van der Waals surface area contributed by atoms with Gasteiger partial charge in [0.25, 0.3) is 0 Å². The zero-order valence-electron chi connectivity index (χ0n) is 19.3. The molecule has 174 valence electrons. The molecule has 0 aromatic heterocycles. The highest BCUT2D eigenvalue weighted by Gasteiger charge is 2.72. The van der Waals surface area contributed by atoms with Crippen LogP contribution in [-0.2, 0) is 19.7 Å². The van der Waals surface area contributed by atoms with Gasteiger partial charge in [-0.2, -0.15) is 10.5 Å². The Labute approximate surface area is 208 Å². The van der Waals surface area contributed by atoms with Crippen LogP contribution < -0.4 is 5.32 Å². The number of anilines is 1. The van der Waals surface area contributed by atoms with Gasteiger partial charge in [-0.3, -0.25) is 9.59 Å². The molecule has 3 atom stereocenters. The van der Waals surface area contributed by atoms with Crippen molar-refractivity contribution in [3.05, 3.63) is 113 Å². The normalized spacial score (nSPS) is 25.7. The number of rotatable bonds is 2. The van der Waals surface area contributed by atoms with E-state index in [9.17, 15) is 20.1 Å². The monoisotopic (exact) mass is 471 g/mol. The molecular weight excluding hydrogens is 450 g/mol. The first-order chi connectivity index (χ1) is 17.6. The predicted molar refractivity (Wildman–Crippen MR) is 131 cm³/mol. The molecule has 0 bridgehead atoms. The van der Waals surface area contributed by atoms with Crippen molar-refractivity contribution in [3.8, 4) is 12.1 Å². The lowest BCUT2D eigenvalue weighted by Gasteiger charge is -2.49. The molecule has 0 radical (unpaired) electrons. The lowest BCUT2D eigenvalue weighted by molar-refractivity contribution is -0.129. The predicted octanol–water partition coefficient (Wildman–Crippen LogP) is 5.08. The van der Waals surface area contributed by atoms with E-state index in [1.165, 1.54) is 0 Å². The van der Waals surface area contributed by atoms with Gasteiger partial charge in [-0.25, -0.2) is 0 Å². The van der Waals surface area contributed by atoms with E-state index in [2.05, 4.69) is 17.5 Å². The number of benzene rings is 3. The Balaban J connectivity index is 1.67. The number of Topliss-reactive ketones (excluding diaryl/α,β-unsaturated/α-hetero) is 1. The molecule has 2 aliphatic heterocycles. The Morgan fingerprint density at radius 1 is 0.806 bits per heavy atom. The molecule has 6 nitrogen and oxygen atoms in total. The van der Waals surface area contributed by atoms with Crippen LogP contribution in [-0.4, -0.2) is 11.7 Å². The maximum Gasteiger partial charge on any atom is 0.242 e. The number of fused-ring (bicyclic) bond motifs is 3. The van der Waals surface area contributed by atoms with Crippen molar-refractivity contribution in [2.45, 2.75) is 30.3 Å². The first-order valence-corrected chi connectivity index (χ1v) is 11.8. The highest BCUT2D eigenvalue weighted by molar-refractivity contribution is 6.17. The van der Waals surface area contributed by atoms with Crippen LogP contribution >= 0.6 is 0 Å². The zero-order chi connectivity index (χ0) is 24.9. The van der Waals surface area contributed by atoms with Crippen LogP contribution in [0.4, 0.5) is 5.69 Å². The van der Waals surface area contributed by atoms with E-state index in [1.54, 1.807) is 24.3 Å². The van der Waals surface area contributed by atoms with E-state index in [-0.39, 0.29) is 24.2 Å². The number of carbonyl (C=O) groups excluding carboxylic acids is 2. The maximum atomic E-state index is 14.0. The summed E-state index contributed by atoms with van der Waals surface area (Å²) in [5.74, 6) is -1.15. The van der Waals surface area contributed by atoms with Crippen molar-refractivity contribution in [3.63, 3.8) is 0 Å². The smallest absolute Gasteiger partial charge is 0.242 e. The van der Waals surface area contributed by atoms with E-state index in [0.29, 0.717) is 17.0 Å². The number of carbonyl (C=O) groups is 2. The van der Waals surface area contributed by atoms with Crippen LogP contribution in [0.3, 0.4) is 0 Å². The van der Waals surface area contributed by atoms with Crippen molar-refractivity contribution in [1.29, 1.82) is 10.5 Å². The maximum absolute atomic E-state index is 14.0. The van der Waals surface area contributed by atoms with E-state index >= 15 is 0 Å². The molecule has 3 aromatic carbocycles. The van der Waals surface area contributed by atoms with Crippen LogP contribution in [0.15, 0.2) is 96.3 Å². The van der Waals surface area contributed by atoms with Gasteiger partial charge in [-0.05, 0) is 22.8 Å². The summed E-state index contributed by atoms with van der Waals surface area (Å²) in [5, 5.41) is 24.3. The summed E-state index contributed by atoms with van der Waals surface area (Å²) in [6.45, 7) is 0. The minimum absolute atomic E-state index is 0.0168. The van der Waals surface area contributed by atoms with Gasteiger partial charge in [0.15, 0.2) is 11.2 Å². The first kappa shape index (κ1) is 21.8. The highest BCUT2D eigenvalue weighted by Crippen LogP contribution is 2.65. The molecule has 0 saturated carbocycles. The summed E-state index contributed by atoms with van der Waals surface area (Å²) >= 11 is 0. The average Bonchev–Trinajstić information content (AvgIpc) is 3.22. The van der Waals surface area contributed by atoms with E-state index < -0.39 is 28.8 Å². The molecule has 0 fully saturated rings. The van der Waals surface area contributed by atoms with Gasteiger partial charge in [0.05, 0.1) is 24.1 Å². The van der Waals surface area contributed by atoms with E-state index in [4.69, 9.17) is 4.74 Å². The summed E-state index contributed by atoms with van der Waals surface area (Å²) in [6.07, 6.45) is -0.335. The fourth-order valence-electron chi connectivity index (χ4n) is 6.22. The number of amides is 1. The van der Waals surface area contributed by atoms with Crippen LogP contribution in [0.2, 0.25) is 0 Å². The van der Waals surface area contributed by atoms with Crippen molar-refractivity contribution in [1.82, 2.24) is 0 Å². The number of ether oxygens (including phenoxy) is 1. The van der Waals surface area contributed by atoms with Gasteiger partial charge in [0.2, 0.25) is 5.91 Å². The Kier molecular flexibility index (Phi) is 4.81. The molecule has 1 spiro atoms. The Morgan fingerprint density at radius 3 is 2.08 bits per heavy atom. The molecule has 6 heteroatoms. The van der Waals surface area contributed by atoms with Gasteiger partial charge in [0.1, 0.15) is 17.3 Å². The second-order valence-electron chi connectivity index (χ2n) is 9.39. The van der Waals surface area contributed by atoms with Crippen LogP contribution in [0.25, 0.3) is 0 Å². The third-order valence-electron chi connectivity index (χ3n) is 7.74. The lowest BCUT2D eigenvalue weighted by atomic mass is 9.47. The molecule has 3 aromatic rings. The number of ketones is 1. The first-order valence-electron chi connectivity index (χ1n) is 11.8. The second kappa shape index (κ2) is 7.93. The summed E-state index contributed by atoms with van der Waals surface area (Å²) in [5.41, 5.74) is -1.01. The molecule has 1 N–H and O–H groups in total. The topological polar surface area (TPSA) is 103 Å². The lowest BCUT2D eigenvalue weighted by Crippen LogP contribution is -2.58. The second-order valence-corrected chi connectivity index (χ2v) is 9.39. The third kappa shape index (κ3) is 2.70. The number of hydrogen-bond acceptors (Lipinski definition) is 5. The number of allylic oxidation sites excluding steroid dienone is 1. The molecule has 1 aliphatic carbocycles. The van der Waals surface area contributed by atoms with Crippen molar-refractivity contribution in [2.24, 2.45) is 5.41 Å². The molecule has 2 heterocycles. The molecule has 0 unspecified atom stereocenters. The summed E-state index contributed by atoms with van der Waals surface area (Å²) in [6, 6.07) is 30.2. The summed E-state index contributed by atoms with van der Waals surface area (Å²) in [4.78, 5) is 28.0. The van der Waals surface area contributed by atoms with Gasteiger partial charge in [0, 0.05) is 18.0 Å². The van der Waals surface area contributed by atoms with Gasteiger partial charge >= 0.3 is 0 Å². The van der Waals surface area contributed by atoms with Gasteiger partial charge in [-0.15, -0.1) is 0 Å². The van der Waals surface area contributed by atoms with Crippen LogP contribution in [0.5, 0.6) is 0 Å². The van der Waals surface area contributed by atoms with E-state index in [1.807, 2.05) is 60.7 Å². The molecule has 1 amide bonds. The zero-order valence-corrected chi connectivity index (χ0v) is 19.3. The minimum atomic E-state index is -1.87. The number of nitrogens with one attached hydrogen (secondary N) is 1. The Hall–Kier alpha value is -4.68. The van der Waals surface area contributed by atoms with Gasteiger partial charge < -0.3 is 10.1 Å². The van der Waals surface area contributed by atoms with Gasteiger partial charge in [-0.1, -0.05) is 78.9 Å². The standard InChI is InChI=1S/C30H21N3O3/c31-17-29(18-32)22(19-9-3-1-4-10-19)15-26-27(24(34)16-25(36-26)20-11-5-2-6-12-20)30(29)21-13-7-8-14-23(21)33-28(30)35/h1-14,22,25H,15-16H2,(H,33,35)/t22-,25+,30-/m1/s1. The Morgan fingerprint density at radius 2 is 1.42 bits per heavy atom. The average molecular weight is 472 g/mol. The third-order valence-corrected chi connectivity index (χ3v) is 7.74. The molecule has 6 rings (SSSR count). The number of nitrogens with zero attached hydrogens (tertiary/aromatic N) is 2. The number of hydrogen-bond donors (Lipinski definition) is 1. The number of para-hydroxylation sites is 1. The van der Waals surface area contributed by atoms with Crippen LogP contribution in [0.1, 0.15) is 41.6 Å². The minimum Gasteiger partial charge on any atom is -0.489 e.